The predicted octanol–water partition coefficient (Wildman–Crippen LogP) is -1.15. The second kappa shape index (κ2) is 2.95. The number of aliphatic carboxylic acids is 1. The molecule has 0 aromatic carbocycles. The Bertz CT molecular complexity index is 375. The Balaban J connectivity index is 2.31. The van der Waals surface area contributed by atoms with Gasteiger partial charge in [-0.25, -0.2) is 9.48 Å². The summed E-state index contributed by atoms with van der Waals surface area (Å²) in [6.45, 7) is 1.48. The van der Waals surface area contributed by atoms with Crippen LogP contribution in [0.2, 0.25) is 0 Å². The van der Waals surface area contributed by atoms with Crippen LogP contribution in [0.5, 0.6) is 0 Å². The number of nitrogens with zero attached hydrogens (tertiary/aromatic N) is 4. The average Bonchev–Trinajstić information content (AvgIpc) is 2.67. The quantitative estimate of drug-likeness (QED) is 0.623. The van der Waals surface area contributed by atoms with Crippen molar-refractivity contribution in [2.24, 2.45) is 0 Å². The maximum absolute atomic E-state index is 10.5. The zero-order valence-electron chi connectivity index (χ0n) is 7.58. The van der Waals surface area contributed by atoms with Crippen molar-refractivity contribution in [3.8, 4) is 0 Å². The van der Waals surface area contributed by atoms with Gasteiger partial charge < -0.3 is 15.1 Å². The van der Waals surface area contributed by atoms with E-state index in [9.17, 15) is 9.90 Å². The van der Waals surface area contributed by atoms with Gasteiger partial charge in [-0.15, -0.1) is 0 Å². The second-order valence-electron chi connectivity index (χ2n) is 3.16. The monoisotopic (exact) mass is 198 g/mol. The fourth-order valence-corrected chi connectivity index (χ4v) is 1.35. The smallest absolute Gasteiger partial charge is 0.340 e. The minimum atomic E-state index is -1.64. The standard InChI is InChI=1S/C7H10N4O3/c1-10-2-3-11-7(10)8-5(9-11)4(12)6(13)14/h4,12H,2-3H2,1H3,(H,13,14). The van der Waals surface area contributed by atoms with Gasteiger partial charge in [-0.1, -0.05) is 0 Å². The number of hydrogen-bond acceptors (Lipinski definition) is 5. The van der Waals surface area contributed by atoms with Crippen molar-refractivity contribution in [1.29, 1.82) is 0 Å². The molecule has 1 unspecified atom stereocenters. The molecule has 7 heteroatoms. The van der Waals surface area contributed by atoms with Gasteiger partial charge in [-0.3, -0.25) is 0 Å². The van der Waals surface area contributed by atoms with Crippen molar-refractivity contribution >= 4 is 11.9 Å². The maximum atomic E-state index is 10.5. The van der Waals surface area contributed by atoms with E-state index in [-0.39, 0.29) is 5.82 Å². The number of aliphatic hydroxyl groups excluding tert-OH is 1. The zero-order valence-corrected chi connectivity index (χ0v) is 7.58. The Morgan fingerprint density at radius 2 is 2.29 bits per heavy atom. The minimum Gasteiger partial charge on any atom is -0.479 e. The topological polar surface area (TPSA) is 91.5 Å². The predicted molar refractivity (Wildman–Crippen MR) is 45.9 cm³/mol. The Kier molecular flexibility index (Phi) is 1.88. The third-order valence-electron chi connectivity index (χ3n) is 2.14. The van der Waals surface area contributed by atoms with Gasteiger partial charge in [0, 0.05) is 13.6 Å². The lowest BCUT2D eigenvalue weighted by molar-refractivity contribution is -0.147. The number of fused-ring (bicyclic) bond motifs is 1. The molecule has 14 heavy (non-hydrogen) atoms. The molecule has 2 heterocycles. The molecule has 0 saturated heterocycles. The van der Waals surface area contributed by atoms with E-state index in [2.05, 4.69) is 10.1 Å². The van der Waals surface area contributed by atoms with Gasteiger partial charge in [0.2, 0.25) is 12.1 Å². The molecule has 1 atom stereocenters. The molecule has 0 saturated carbocycles. The molecule has 0 radical (unpaired) electrons. The Hall–Kier alpha value is -1.63. The first-order valence-electron chi connectivity index (χ1n) is 4.16. The van der Waals surface area contributed by atoms with Crippen molar-refractivity contribution in [3.05, 3.63) is 5.82 Å². The molecule has 0 fully saturated rings. The van der Waals surface area contributed by atoms with Crippen LogP contribution in [0.4, 0.5) is 5.95 Å². The van der Waals surface area contributed by atoms with Crippen LogP contribution in [0, 0.1) is 0 Å². The van der Waals surface area contributed by atoms with Gasteiger partial charge in [-0.05, 0) is 0 Å². The first-order chi connectivity index (χ1) is 6.59. The third kappa shape index (κ3) is 1.22. The summed E-state index contributed by atoms with van der Waals surface area (Å²) in [5, 5.41) is 21.6. The molecule has 7 nitrogen and oxygen atoms in total. The number of aromatic nitrogens is 3. The summed E-state index contributed by atoms with van der Waals surface area (Å²) in [7, 11) is 1.84. The molecule has 2 N–H and O–H groups in total. The summed E-state index contributed by atoms with van der Waals surface area (Å²) in [6, 6.07) is 0. The van der Waals surface area contributed by atoms with E-state index in [1.165, 1.54) is 0 Å². The number of carboxylic acids is 1. The van der Waals surface area contributed by atoms with Crippen molar-refractivity contribution in [2.75, 3.05) is 18.5 Å². The SMILES string of the molecule is CN1CCn2nc(C(O)C(=O)O)nc21. The lowest BCUT2D eigenvalue weighted by atomic mass is 10.3. The van der Waals surface area contributed by atoms with Crippen LogP contribution in [-0.2, 0) is 11.3 Å². The van der Waals surface area contributed by atoms with E-state index in [4.69, 9.17) is 5.11 Å². The summed E-state index contributed by atoms with van der Waals surface area (Å²) < 4.78 is 1.58. The van der Waals surface area contributed by atoms with Crippen molar-refractivity contribution in [3.63, 3.8) is 0 Å². The molecule has 1 aliphatic rings. The van der Waals surface area contributed by atoms with Crippen molar-refractivity contribution in [2.45, 2.75) is 12.6 Å². The van der Waals surface area contributed by atoms with Crippen LogP contribution in [-0.4, -0.2) is 44.5 Å². The van der Waals surface area contributed by atoms with Gasteiger partial charge >= 0.3 is 5.97 Å². The molecule has 0 amide bonds. The molecule has 0 spiro atoms. The molecule has 0 bridgehead atoms. The largest absolute Gasteiger partial charge is 0.479 e. The Labute approximate surface area is 79.6 Å². The summed E-state index contributed by atoms with van der Waals surface area (Å²) in [4.78, 5) is 16.2. The molecule has 76 valence electrons. The van der Waals surface area contributed by atoms with Crippen LogP contribution in [0.25, 0.3) is 0 Å². The zero-order chi connectivity index (χ0) is 10.3. The highest BCUT2D eigenvalue weighted by Crippen LogP contribution is 2.19. The number of aliphatic hydroxyl groups is 1. The summed E-state index contributed by atoms with van der Waals surface area (Å²) >= 11 is 0. The van der Waals surface area contributed by atoms with Crippen LogP contribution < -0.4 is 4.90 Å². The second-order valence-corrected chi connectivity index (χ2v) is 3.16. The van der Waals surface area contributed by atoms with Gasteiger partial charge in [0.15, 0.2) is 5.82 Å². The van der Waals surface area contributed by atoms with Crippen LogP contribution >= 0.6 is 0 Å². The van der Waals surface area contributed by atoms with Gasteiger partial charge in [0.05, 0.1) is 6.54 Å². The molecule has 2 rings (SSSR count). The molecule has 0 aliphatic carbocycles. The minimum absolute atomic E-state index is 0.0564. The van der Waals surface area contributed by atoms with Crippen molar-refractivity contribution in [1.82, 2.24) is 14.8 Å². The van der Waals surface area contributed by atoms with E-state index in [0.29, 0.717) is 12.5 Å². The first-order valence-corrected chi connectivity index (χ1v) is 4.16. The molecule has 1 aliphatic heterocycles. The first kappa shape index (κ1) is 8.95. The number of anilines is 1. The summed E-state index contributed by atoms with van der Waals surface area (Å²) in [5.74, 6) is -0.795. The van der Waals surface area contributed by atoms with Gasteiger partial charge in [-0.2, -0.15) is 10.1 Å². The Morgan fingerprint density at radius 1 is 1.57 bits per heavy atom. The van der Waals surface area contributed by atoms with Crippen LogP contribution in [0.15, 0.2) is 0 Å². The highest BCUT2D eigenvalue weighted by Gasteiger charge is 2.26. The van der Waals surface area contributed by atoms with Gasteiger partial charge in [0.25, 0.3) is 0 Å². The summed E-state index contributed by atoms with van der Waals surface area (Å²) in [5.41, 5.74) is 0. The number of likely N-dealkylation sites (N-methyl/N-ethyl adjacent to an activating group) is 1. The lowest BCUT2D eigenvalue weighted by Crippen LogP contribution is -2.16. The highest BCUT2D eigenvalue weighted by molar-refractivity contribution is 5.72. The number of carbonyl (C=O) groups is 1. The summed E-state index contributed by atoms with van der Waals surface area (Å²) in [6.07, 6.45) is -1.64. The van der Waals surface area contributed by atoms with E-state index in [0.717, 1.165) is 6.54 Å². The molecular formula is C7H10N4O3. The Morgan fingerprint density at radius 3 is 2.86 bits per heavy atom. The fraction of sp³-hybridized carbons (Fsp3) is 0.571. The number of rotatable bonds is 2. The van der Waals surface area contributed by atoms with Crippen LogP contribution in [0.3, 0.4) is 0 Å². The number of carboxylic acid groups (broad SMARTS) is 1. The van der Waals surface area contributed by atoms with E-state index >= 15 is 0 Å². The van der Waals surface area contributed by atoms with E-state index in [1.54, 1.807) is 4.68 Å². The number of hydrogen-bond donors (Lipinski definition) is 2. The molecule has 1 aromatic rings. The highest BCUT2D eigenvalue weighted by atomic mass is 16.4. The fourth-order valence-electron chi connectivity index (χ4n) is 1.35. The third-order valence-corrected chi connectivity index (χ3v) is 2.14. The maximum Gasteiger partial charge on any atom is 0.340 e. The molecule has 1 aromatic heterocycles. The average molecular weight is 198 g/mol. The molecular weight excluding hydrogens is 188 g/mol. The normalized spacial score (nSPS) is 16.9. The van der Waals surface area contributed by atoms with E-state index < -0.39 is 12.1 Å². The lowest BCUT2D eigenvalue weighted by Gasteiger charge is -2.05. The van der Waals surface area contributed by atoms with Crippen LogP contribution in [0.1, 0.15) is 11.9 Å². The van der Waals surface area contributed by atoms with E-state index in [1.807, 2.05) is 11.9 Å². The van der Waals surface area contributed by atoms with Crippen molar-refractivity contribution < 1.29 is 15.0 Å². The van der Waals surface area contributed by atoms with Gasteiger partial charge in [0.1, 0.15) is 0 Å².